The molecule has 2 rings (SSSR count). The number of hydrogen-bond donors (Lipinski definition) is 1. The van der Waals surface area contributed by atoms with E-state index in [9.17, 15) is 18.5 Å². The summed E-state index contributed by atoms with van der Waals surface area (Å²) in [7, 11) is -2.63. The Bertz CT molecular complexity index is 986. The first-order chi connectivity index (χ1) is 12.3. The Labute approximate surface area is 158 Å². The third kappa shape index (κ3) is 4.57. The Balaban J connectivity index is 2.20. The van der Waals surface area contributed by atoms with Crippen LogP contribution in [0.4, 0.5) is 5.69 Å². The minimum atomic E-state index is -3.95. The van der Waals surface area contributed by atoms with E-state index < -0.39 is 14.9 Å². The summed E-state index contributed by atoms with van der Waals surface area (Å²) in [6.07, 6.45) is 0.128. The van der Waals surface area contributed by atoms with E-state index in [1.165, 1.54) is 31.4 Å². The number of rotatable bonds is 7. The Kier molecular flexibility index (Phi) is 6.31. The number of methoxy groups -OCH3 is 1. The number of nitro groups is 1. The van der Waals surface area contributed by atoms with Gasteiger partial charge in [-0.1, -0.05) is 22.0 Å². The van der Waals surface area contributed by atoms with E-state index in [0.717, 1.165) is 0 Å². The molecular weight excluding hydrogens is 426 g/mol. The number of nitrogens with zero attached hydrogens (tertiary/aromatic N) is 2. The zero-order valence-electron chi connectivity index (χ0n) is 13.6. The zero-order chi connectivity index (χ0) is 19.3. The highest BCUT2D eigenvalue weighted by atomic mass is 79.9. The number of hydrogen-bond acceptors (Lipinski definition) is 6. The first kappa shape index (κ1) is 19.8. The maximum Gasteiger partial charge on any atom is 0.273 e. The molecule has 0 fully saturated rings. The van der Waals surface area contributed by atoms with Gasteiger partial charge in [0.25, 0.3) is 5.69 Å². The third-order valence-corrected chi connectivity index (χ3v) is 5.49. The van der Waals surface area contributed by atoms with Crippen LogP contribution in [0.5, 0.6) is 5.75 Å². The molecular formula is C16H14BrN3O5S. The summed E-state index contributed by atoms with van der Waals surface area (Å²) in [5.41, 5.74) is 0.482. The lowest BCUT2D eigenvalue weighted by Crippen LogP contribution is -2.26. The van der Waals surface area contributed by atoms with Crippen molar-refractivity contribution in [3.05, 3.63) is 62.1 Å². The fraction of sp³-hybridized carbons (Fsp3) is 0.188. The molecule has 0 saturated carbocycles. The molecule has 0 atom stereocenters. The monoisotopic (exact) mass is 439 g/mol. The lowest BCUT2D eigenvalue weighted by Gasteiger charge is -2.11. The van der Waals surface area contributed by atoms with Gasteiger partial charge in [0.05, 0.1) is 23.7 Å². The first-order valence-corrected chi connectivity index (χ1v) is 9.56. The van der Waals surface area contributed by atoms with Crippen LogP contribution in [0.25, 0.3) is 0 Å². The molecule has 0 saturated heterocycles. The Hall–Kier alpha value is -2.48. The standard InChI is InChI=1S/C16H14BrN3O5S/c1-25-15-5-2-11(10-18)8-16(15)26(23,24)19-7-6-12-3-4-13(17)9-14(12)20(21)22/h2-5,8-9,19H,6-7H2,1H3. The van der Waals surface area contributed by atoms with E-state index in [0.29, 0.717) is 10.0 Å². The van der Waals surface area contributed by atoms with Gasteiger partial charge in [-0.25, -0.2) is 13.1 Å². The summed E-state index contributed by atoms with van der Waals surface area (Å²) < 4.78 is 33.0. The van der Waals surface area contributed by atoms with E-state index in [2.05, 4.69) is 20.7 Å². The third-order valence-electron chi connectivity index (χ3n) is 3.51. The summed E-state index contributed by atoms with van der Waals surface area (Å²) in [6, 6.07) is 10.5. The van der Waals surface area contributed by atoms with Crippen molar-refractivity contribution in [1.82, 2.24) is 4.72 Å². The van der Waals surface area contributed by atoms with Crippen LogP contribution in [0, 0.1) is 21.4 Å². The molecule has 0 aliphatic carbocycles. The summed E-state index contributed by atoms with van der Waals surface area (Å²) in [6.45, 7) is -0.0509. The molecule has 1 N–H and O–H groups in total. The maximum atomic E-state index is 12.5. The SMILES string of the molecule is COc1ccc(C#N)cc1S(=O)(=O)NCCc1ccc(Br)cc1[N+](=O)[O-]. The van der Waals surface area contributed by atoms with Crippen LogP contribution in [0.2, 0.25) is 0 Å². The van der Waals surface area contributed by atoms with E-state index >= 15 is 0 Å². The highest BCUT2D eigenvalue weighted by Gasteiger charge is 2.21. The lowest BCUT2D eigenvalue weighted by molar-refractivity contribution is -0.385. The second kappa shape index (κ2) is 8.27. The van der Waals surface area contributed by atoms with Crippen molar-refractivity contribution in [1.29, 1.82) is 5.26 Å². The number of halogens is 1. The Morgan fingerprint density at radius 2 is 2.04 bits per heavy atom. The minimum absolute atomic E-state index is 0.0509. The molecule has 2 aromatic carbocycles. The second-order valence-corrected chi connectivity index (χ2v) is 7.81. The lowest BCUT2D eigenvalue weighted by atomic mass is 10.1. The predicted molar refractivity (Wildman–Crippen MR) is 97.4 cm³/mol. The second-order valence-electron chi connectivity index (χ2n) is 5.16. The van der Waals surface area contributed by atoms with Gasteiger partial charge in [-0.3, -0.25) is 10.1 Å². The van der Waals surface area contributed by atoms with Crippen molar-refractivity contribution >= 4 is 31.6 Å². The number of nitriles is 1. The van der Waals surface area contributed by atoms with E-state index in [4.69, 9.17) is 10.00 Å². The molecule has 0 amide bonds. The van der Waals surface area contributed by atoms with Gasteiger partial charge in [0.1, 0.15) is 10.6 Å². The quantitative estimate of drug-likeness (QED) is 0.522. The average Bonchev–Trinajstić information content (AvgIpc) is 2.62. The molecule has 0 heterocycles. The predicted octanol–water partition coefficient (Wildman–Crippen LogP) is 2.76. The van der Waals surface area contributed by atoms with Crippen LogP contribution in [0.1, 0.15) is 11.1 Å². The summed E-state index contributed by atoms with van der Waals surface area (Å²) in [4.78, 5) is 10.4. The van der Waals surface area contributed by atoms with Gasteiger partial charge in [0.2, 0.25) is 10.0 Å². The van der Waals surface area contributed by atoms with Crippen molar-refractivity contribution in [2.24, 2.45) is 0 Å². The fourth-order valence-electron chi connectivity index (χ4n) is 2.27. The number of nitrogens with one attached hydrogen (secondary N) is 1. The largest absolute Gasteiger partial charge is 0.495 e. The Morgan fingerprint density at radius 3 is 2.65 bits per heavy atom. The summed E-state index contributed by atoms with van der Waals surface area (Å²) in [5, 5.41) is 20.1. The van der Waals surface area contributed by atoms with Gasteiger partial charge in [-0.05, 0) is 30.7 Å². The number of sulfonamides is 1. The molecule has 0 aliphatic heterocycles. The molecule has 0 bridgehead atoms. The van der Waals surface area contributed by atoms with Gasteiger partial charge in [0.15, 0.2) is 0 Å². The van der Waals surface area contributed by atoms with Crippen molar-refractivity contribution in [3.63, 3.8) is 0 Å². The molecule has 136 valence electrons. The first-order valence-electron chi connectivity index (χ1n) is 7.29. The number of benzene rings is 2. The van der Waals surface area contributed by atoms with Crippen LogP contribution in [-0.2, 0) is 16.4 Å². The van der Waals surface area contributed by atoms with Crippen molar-refractivity contribution < 1.29 is 18.1 Å². The molecule has 0 aromatic heterocycles. The molecule has 0 unspecified atom stereocenters. The van der Waals surface area contributed by atoms with Crippen molar-refractivity contribution in [3.8, 4) is 11.8 Å². The van der Waals surface area contributed by atoms with Gasteiger partial charge in [0, 0.05) is 22.6 Å². The molecule has 0 radical (unpaired) electrons. The number of nitro benzene ring substituents is 1. The van der Waals surface area contributed by atoms with Crippen LogP contribution < -0.4 is 9.46 Å². The highest BCUT2D eigenvalue weighted by molar-refractivity contribution is 9.10. The van der Waals surface area contributed by atoms with Crippen LogP contribution >= 0.6 is 15.9 Å². The highest BCUT2D eigenvalue weighted by Crippen LogP contribution is 2.26. The molecule has 0 spiro atoms. The number of ether oxygens (including phenoxy) is 1. The molecule has 0 aliphatic rings. The van der Waals surface area contributed by atoms with Gasteiger partial charge in [-0.2, -0.15) is 5.26 Å². The van der Waals surface area contributed by atoms with E-state index in [-0.39, 0.29) is 34.9 Å². The summed E-state index contributed by atoms with van der Waals surface area (Å²) >= 11 is 3.17. The zero-order valence-corrected chi connectivity index (χ0v) is 16.0. The topological polar surface area (TPSA) is 122 Å². The van der Waals surface area contributed by atoms with Crippen LogP contribution in [-0.4, -0.2) is 27.0 Å². The molecule has 26 heavy (non-hydrogen) atoms. The maximum absolute atomic E-state index is 12.5. The Morgan fingerprint density at radius 1 is 1.31 bits per heavy atom. The van der Waals surface area contributed by atoms with Crippen molar-refractivity contribution in [2.45, 2.75) is 11.3 Å². The molecule has 2 aromatic rings. The van der Waals surface area contributed by atoms with Crippen LogP contribution in [0.15, 0.2) is 45.8 Å². The fourth-order valence-corrected chi connectivity index (χ4v) is 3.85. The van der Waals surface area contributed by atoms with Gasteiger partial charge < -0.3 is 4.74 Å². The van der Waals surface area contributed by atoms with Gasteiger partial charge in [-0.15, -0.1) is 0 Å². The minimum Gasteiger partial charge on any atom is -0.495 e. The normalized spacial score (nSPS) is 11.0. The van der Waals surface area contributed by atoms with E-state index in [1.54, 1.807) is 12.1 Å². The summed E-state index contributed by atoms with van der Waals surface area (Å²) in [5.74, 6) is 0.103. The van der Waals surface area contributed by atoms with Crippen molar-refractivity contribution in [2.75, 3.05) is 13.7 Å². The van der Waals surface area contributed by atoms with Crippen LogP contribution in [0.3, 0.4) is 0 Å². The average molecular weight is 440 g/mol. The molecule has 8 nitrogen and oxygen atoms in total. The van der Waals surface area contributed by atoms with E-state index in [1.807, 2.05) is 6.07 Å². The molecule has 10 heteroatoms. The van der Waals surface area contributed by atoms with Gasteiger partial charge >= 0.3 is 0 Å². The smallest absolute Gasteiger partial charge is 0.273 e.